The molecule has 0 N–H and O–H groups in total. The fourth-order valence-corrected chi connectivity index (χ4v) is 11.4. The van der Waals surface area contributed by atoms with Crippen molar-refractivity contribution in [2.24, 2.45) is 10.8 Å². The summed E-state index contributed by atoms with van der Waals surface area (Å²) >= 11 is 0. The van der Waals surface area contributed by atoms with Crippen LogP contribution < -0.4 is 9.80 Å². The normalized spacial score (nSPS) is 13.4. The molecule has 2 nitrogen and oxygen atoms in total. The van der Waals surface area contributed by atoms with E-state index in [-0.39, 0.29) is 16.2 Å². The van der Waals surface area contributed by atoms with Crippen molar-refractivity contribution in [3.63, 3.8) is 0 Å². The van der Waals surface area contributed by atoms with Crippen LogP contribution in [0.15, 0.2) is 182 Å². The third-order valence-electron chi connectivity index (χ3n) is 13.5. The van der Waals surface area contributed by atoms with Crippen molar-refractivity contribution in [2.75, 3.05) is 9.80 Å². The van der Waals surface area contributed by atoms with E-state index in [0.717, 1.165) is 22.7 Å². The number of nitrogens with zero attached hydrogens (tertiary/aromatic N) is 2. The van der Waals surface area contributed by atoms with Gasteiger partial charge in [-0.1, -0.05) is 151 Å². The van der Waals surface area contributed by atoms with Crippen molar-refractivity contribution < 1.29 is 0 Å². The summed E-state index contributed by atoms with van der Waals surface area (Å²) in [7, 11) is 0. The third kappa shape index (κ3) is 5.91. The molecule has 0 unspecified atom stereocenters. The lowest BCUT2D eigenvalue weighted by atomic mass is 9.49. The maximum Gasteiger partial charge on any atom is 0.0490 e. The van der Waals surface area contributed by atoms with Crippen LogP contribution in [0.2, 0.25) is 0 Å². The molecule has 0 amide bonds. The van der Waals surface area contributed by atoms with Crippen LogP contribution in [0.4, 0.5) is 34.1 Å². The Kier molecular flexibility index (Phi) is 9.00. The number of benzene rings is 9. The second-order valence-corrected chi connectivity index (χ2v) is 19.1. The van der Waals surface area contributed by atoms with Gasteiger partial charge < -0.3 is 9.80 Å². The van der Waals surface area contributed by atoms with Crippen molar-refractivity contribution in [3.05, 3.63) is 204 Å². The van der Waals surface area contributed by atoms with Gasteiger partial charge in [-0.3, -0.25) is 0 Å². The van der Waals surface area contributed by atoms with Gasteiger partial charge >= 0.3 is 0 Å². The lowest BCUT2D eigenvalue weighted by molar-refractivity contribution is 0.0965. The molecule has 0 saturated carbocycles. The van der Waals surface area contributed by atoms with Gasteiger partial charge in [0.1, 0.15) is 0 Å². The predicted molar refractivity (Wildman–Crippen MR) is 263 cm³/mol. The Hall–Kier alpha value is -6.64. The Bertz CT molecular complexity index is 3110. The van der Waals surface area contributed by atoms with Crippen LogP contribution in [0.5, 0.6) is 0 Å². The maximum atomic E-state index is 2.57. The van der Waals surface area contributed by atoms with Gasteiger partial charge in [0.05, 0.1) is 0 Å². The quantitative estimate of drug-likeness (QED) is 0.155. The smallest absolute Gasteiger partial charge is 0.0490 e. The van der Waals surface area contributed by atoms with E-state index in [1.54, 1.807) is 0 Å². The van der Waals surface area contributed by atoms with E-state index in [0.29, 0.717) is 0 Å². The van der Waals surface area contributed by atoms with Crippen LogP contribution in [0.3, 0.4) is 0 Å². The Morgan fingerprint density at radius 3 is 1.43 bits per heavy atom. The van der Waals surface area contributed by atoms with Gasteiger partial charge in [-0.05, 0) is 163 Å². The molecular formula is C59H54N2. The van der Waals surface area contributed by atoms with E-state index < -0.39 is 0 Å². The van der Waals surface area contributed by atoms with Crippen molar-refractivity contribution in [3.8, 4) is 11.1 Å². The maximum absolute atomic E-state index is 2.57. The average molecular weight is 791 g/mol. The lowest BCUT2D eigenvalue weighted by Crippen LogP contribution is -2.50. The molecule has 0 bridgehead atoms. The minimum absolute atomic E-state index is 0.154. The standard InChI is InChI=1S/C59H54N2/c1-39-21-15-19-29-53(39)60(43-23-11-9-12-24-43)45-32-31-41-36-51-52(37-42(41)35-45)59(57(3,4)5,58(6,7)8)56-49-34-33-46(38-50(49)47-27-17-18-28-48(47)55(51)56)61(44-25-13-10-14-26-44)54-30-20-16-22-40(54)2/h9-38H,1-8H3. The van der Waals surface area contributed by atoms with Crippen molar-refractivity contribution in [2.45, 2.75) is 60.8 Å². The molecule has 0 atom stereocenters. The minimum Gasteiger partial charge on any atom is -0.310 e. The largest absolute Gasteiger partial charge is 0.310 e. The molecule has 1 aliphatic carbocycles. The molecule has 0 aromatic heterocycles. The van der Waals surface area contributed by atoms with Gasteiger partial charge in [0.15, 0.2) is 0 Å². The molecule has 9 aromatic carbocycles. The van der Waals surface area contributed by atoms with E-state index >= 15 is 0 Å². The fourth-order valence-electron chi connectivity index (χ4n) is 11.4. The highest BCUT2D eigenvalue weighted by Crippen LogP contribution is 2.68. The van der Waals surface area contributed by atoms with E-state index in [2.05, 4.69) is 247 Å². The average Bonchev–Trinajstić information content (AvgIpc) is 3.57. The van der Waals surface area contributed by atoms with Crippen molar-refractivity contribution in [1.82, 2.24) is 0 Å². The third-order valence-corrected chi connectivity index (χ3v) is 13.5. The fraction of sp³-hybridized carbons (Fsp3) is 0.186. The zero-order chi connectivity index (χ0) is 42.3. The molecule has 9 aromatic rings. The molecule has 10 rings (SSSR count). The minimum atomic E-state index is -0.344. The number of hydrogen-bond donors (Lipinski definition) is 0. The number of fused-ring (bicyclic) bond motifs is 9. The summed E-state index contributed by atoms with van der Waals surface area (Å²) in [5, 5.41) is 7.72. The first-order valence-corrected chi connectivity index (χ1v) is 21.8. The summed E-state index contributed by atoms with van der Waals surface area (Å²) in [6.45, 7) is 19.2. The molecule has 0 spiro atoms. The lowest BCUT2D eigenvalue weighted by Gasteiger charge is -2.53. The van der Waals surface area contributed by atoms with Crippen molar-refractivity contribution >= 4 is 66.4 Å². The van der Waals surface area contributed by atoms with Gasteiger partial charge in [0, 0.05) is 39.5 Å². The molecule has 0 fully saturated rings. The number of para-hydroxylation sites is 4. The Morgan fingerprint density at radius 1 is 0.377 bits per heavy atom. The summed E-state index contributed by atoms with van der Waals surface area (Å²) in [5.74, 6) is 0. The first-order chi connectivity index (χ1) is 29.4. The molecule has 0 radical (unpaired) electrons. The van der Waals surface area contributed by atoms with Gasteiger partial charge in [-0.25, -0.2) is 0 Å². The number of hydrogen-bond acceptors (Lipinski definition) is 2. The Labute approximate surface area is 361 Å². The first kappa shape index (κ1) is 38.6. The monoisotopic (exact) mass is 790 g/mol. The highest BCUT2D eigenvalue weighted by atomic mass is 15.1. The van der Waals surface area contributed by atoms with E-state index in [1.165, 1.54) is 77.1 Å². The summed E-state index contributed by atoms with van der Waals surface area (Å²) in [5.41, 5.74) is 14.4. The van der Waals surface area contributed by atoms with Crippen LogP contribution >= 0.6 is 0 Å². The summed E-state index contributed by atoms with van der Waals surface area (Å²) in [6, 6.07) is 67.6. The second kappa shape index (κ2) is 14.2. The van der Waals surface area contributed by atoms with Crippen LogP contribution in [0.25, 0.3) is 43.4 Å². The Balaban J connectivity index is 1.27. The molecule has 0 heterocycles. The van der Waals surface area contributed by atoms with Crippen molar-refractivity contribution in [1.29, 1.82) is 0 Å². The second-order valence-electron chi connectivity index (χ2n) is 19.1. The summed E-state index contributed by atoms with van der Waals surface area (Å²) in [4.78, 5) is 4.83. The van der Waals surface area contributed by atoms with Crippen LogP contribution in [0, 0.1) is 24.7 Å². The Morgan fingerprint density at radius 2 is 0.869 bits per heavy atom. The summed E-state index contributed by atoms with van der Waals surface area (Å²) in [6.07, 6.45) is 0. The highest BCUT2D eigenvalue weighted by molar-refractivity contribution is 6.20. The molecule has 61 heavy (non-hydrogen) atoms. The number of anilines is 6. The molecule has 2 heteroatoms. The molecular weight excluding hydrogens is 737 g/mol. The van der Waals surface area contributed by atoms with E-state index in [1.807, 2.05) is 0 Å². The molecule has 0 saturated heterocycles. The van der Waals surface area contributed by atoms with Gasteiger partial charge in [0.2, 0.25) is 0 Å². The van der Waals surface area contributed by atoms with E-state index in [4.69, 9.17) is 0 Å². The predicted octanol–water partition coefficient (Wildman–Crippen LogP) is 17.1. The SMILES string of the molecule is Cc1ccccc1N(c1ccccc1)c1ccc2cc3c(cc2c1)C(C(C)(C)C)(C(C)(C)C)c1c-3c2ccccc2c2cc(N(c3ccccc3)c3ccccc3C)ccc12. The summed E-state index contributed by atoms with van der Waals surface area (Å²) < 4.78 is 0. The van der Waals surface area contributed by atoms with Gasteiger partial charge in [0.25, 0.3) is 0 Å². The molecule has 0 aliphatic heterocycles. The van der Waals surface area contributed by atoms with Crippen LogP contribution in [-0.4, -0.2) is 0 Å². The zero-order valence-electron chi connectivity index (χ0n) is 36.7. The highest BCUT2D eigenvalue weighted by Gasteiger charge is 2.58. The van der Waals surface area contributed by atoms with Crippen LogP contribution in [-0.2, 0) is 5.41 Å². The van der Waals surface area contributed by atoms with E-state index in [9.17, 15) is 0 Å². The molecule has 1 aliphatic rings. The molecule has 300 valence electrons. The topological polar surface area (TPSA) is 6.48 Å². The number of rotatable bonds is 6. The van der Waals surface area contributed by atoms with Gasteiger partial charge in [-0.2, -0.15) is 0 Å². The van der Waals surface area contributed by atoms with Crippen LogP contribution in [0.1, 0.15) is 63.8 Å². The zero-order valence-corrected chi connectivity index (χ0v) is 36.7. The number of aryl methyl sites for hydroxylation is 2. The van der Waals surface area contributed by atoms with Gasteiger partial charge in [-0.15, -0.1) is 0 Å². The first-order valence-electron chi connectivity index (χ1n) is 21.8.